The van der Waals surface area contributed by atoms with Crippen LogP contribution in [0.25, 0.3) is 38.6 Å². The van der Waals surface area contributed by atoms with Gasteiger partial charge in [0.1, 0.15) is 0 Å². The van der Waals surface area contributed by atoms with Crippen molar-refractivity contribution in [1.29, 1.82) is 5.26 Å². The number of anilines is 1. The Bertz CT molecular complexity index is 1980. The lowest BCUT2D eigenvalue weighted by Gasteiger charge is -2.14. The van der Waals surface area contributed by atoms with Gasteiger partial charge in [-0.2, -0.15) is 5.26 Å². The monoisotopic (exact) mass is 490 g/mol. The Morgan fingerprint density at radius 3 is 2.26 bits per heavy atom. The Morgan fingerprint density at radius 2 is 1.42 bits per heavy atom. The molecule has 0 saturated heterocycles. The highest BCUT2D eigenvalue weighted by Crippen LogP contribution is 2.41. The van der Waals surface area contributed by atoms with Crippen molar-refractivity contribution in [2.75, 3.05) is 4.90 Å². The first-order valence-electron chi connectivity index (χ1n) is 12.1. The normalized spacial score (nSPS) is 12.8. The molecule has 0 radical (unpaired) electrons. The minimum atomic E-state index is -0.354. The van der Waals surface area contributed by atoms with Gasteiger partial charge in [-0.25, -0.2) is 4.90 Å². The Morgan fingerprint density at radius 1 is 0.684 bits per heavy atom. The van der Waals surface area contributed by atoms with Crippen LogP contribution in [0.1, 0.15) is 26.3 Å². The molecular formula is C32H18N4O2. The van der Waals surface area contributed by atoms with Crippen LogP contribution in [-0.4, -0.2) is 21.4 Å². The van der Waals surface area contributed by atoms with Gasteiger partial charge in [0.05, 0.1) is 45.2 Å². The molecule has 0 bridgehead atoms. The van der Waals surface area contributed by atoms with Gasteiger partial charge in [-0.05, 0) is 48.0 Å². The molecule has 1 aliphatic heterocycles. The van der Waals surface area contributed by atoms with Crippen molar-refractivity contribution in [3.8, 4) is 22.9 Å². The lowest BCUT2D eigenvalue weighted by atomic mass is 9.97. The fourth-order valence-electron chi connectivity index (χ4n) is 5.48. The Hall–Kier alpha value is -5.54. The van der Waals surface area contributed by atoms with Crippen molar-refractivity contribution in [3.05, 3.63) is 126 Å². The predicted octanol–water partition coefficient (Wildman–Crippen LogP) is 6.52. The van der Waals surface area contributed by atoms with E-state index in [1.807, 2.05) is 77.4 Å². The number of hydrogen-bond donors (Lipinski definition) is 0. The summed E-state index contributed by atoms with van der Waals surface area (Å²) in [6, 6.07) is 32.2. The van der Waals surface area contributed by atoms with Crippen LogP contribution < -0.4 is 4.90 Å². The van der Waals surface area contributed by atoms with Gasteiger partial charge in [0.15, 0.2) is 0 Å². The van der Waals surface area contributed by atoms with E-state index in [2.05, 4.69) is 11.1 Å². The van der Waals surface area contributed by atoms with Crippen LogP contribution in [0.5, 0.6) is 0 Å². The van der Waals surface area contributed by atoms with Crippen molar-refractivity contribution in [1.82, 2.24) is 9.55 Å². The molecule has 178 valence electrons. The number of para-hydroxylation sites is 2. The number of nitriles is 1. The summed E-state index contributed by atoms with van der Waals surface area (Å²) in [7, 11) is 0. The smallest absolute Gasteiger partial charge is 0.268 e. The van der Waals surface area contributed by atoms with Crippen LogP contribution in [-0.2, 0) is 0 Å². The molecule has 0 aliphatic carbocycles. The molecule has 6 nitrogen and oxygen atoms in total. The Kier molecular flexibility index (Phi) is 4.72. The zero-order valence-corrected chi connectivity index (χ0v) is 20.0. The van der Waals surface area contributed by atoms with Crippen LogP contribution in [0.2, 0.25) is 0 Å². The standard InChI is InChI=1S/C32H18N4O2/c33-18-20-16-17-34-19-25(20)22-11-6-14-27-29(22)23-10-4-5-13-26(23)36(27)28-15-7-12-24-30(28)32(38)35(31(24)37)21-8-2-1-3-9-21/h1-17,19H. The fraction of sp³-hybridized carbons (Fsp3) is 0. The molecule has 7 rings (SSSR count). The molecular weight excluding hydrogens is 472 g/mol. The van der Waals surface area contributed by atoms with E-state index in [4.69, 9.17) is 0 Å². The summed E-state index contributed by atoms with van der Waals surface area (Å²) < 4.78 is 2.04. The molecule has 38 heavy (non-hydrogen) atoms. The molecule has 0 saturated carbocycles. The Balaban J connectivity index is 1.54. The summed E-state index contributed by atoms with van der Waals surface area (Å²) in [4.78, 5) is 32.8. The SMILES string of the molecule is N#Cc1ccncc1-c1cccc2c1c1ccccc1n2-c1cccc2c1C(=O)N(c1ccccc1)C2=O. The number of hydrogen-bond acceptors (Lipinski definition) is 4. The number of rotatable bonds is 3. The molecule has 1 aliphatic rings. The number of fused-ring (bicyclic) bond motifs is 4. The molecule has 3 heterocycles. The second-order valence-electron chi connectivity index (χ2n) is 9.07. The number of carbonyl (C=O) groups excluding carboxylic acids is 2. The number of benzene rings is 4. The van der Waals surface area contributed by atoms with Crippen LogP contribution >= 0.6 is 0 Å². The molecule has 2 amide bonds. The van der Waals surface area contributed by atoms with E-state index < -0.39 is 0 Å². The minimum absolute atomic E-state index is 0.339. The summed E-state index contributed by atoms with van der Waals surface area (Å²) >= 11 is 0. The molecule has 0 N–H and O–H groups in total. The maximum absolute atomic E-state index is 13.8. The number of imide groups is 1. The maximum atomic E-state index is 13.8. The number of pyridine rings is 1. The third-order valence-corrected chi connectivity index (χ3v) is 7.08. The second kappa shape index (κ2) is 8.26. The van der Waals surface area contributed by atoms with Crippen molar-refractivity contribution in [2.45, 2.75) is 0 Å². The third kappa shape index (κ3) is 2.96. The lowest BCUT2D eigenvalue weighted by Crippen LogP contribution is -2.29. The number of aromatic nitrogens is 2. The van der Waals surface area contributed by atoms with E-state index in [-0.39, 0.29) is 11.8 Å². The summed E-state index contributed by atoms with van der Waals surface area (Å²) in [5.74, 6) is -0.693. The molecule has 0 fully saturated rings. The van der Waals surface area contributed by atoms with E-state index in [0.717, 1.165) is 32.9 Å². The van der Waals surface area contributed by atoms with Gasteiger partial charge in [0.25, 0.3) is 11.8 Å². The van der Waals surface area contributed by atoms with Crippen LogP contribution in [0.15, 0.2) is 109 Å². The topological polar surface area (TPSA) is 79.0 Å². The number of nitrogens with zero attached hydrogens (tertiary/aromatic N) is 4. The van der Waals surface area contributed by atoms with Crippen molar-refractivity contribution < 1.29 is 9.59 Å². The average molecular weight is 491 g/mol. The average Bonchev–Trinajstić information content (AvgIpc) is 3.44. The molecule has 4 aromatic carbocycles. The molecule has 0 spiro atoms. The van der Waals surface area contributed by atoms with Gasteiger partial charge in [0, 0.05) is 28.7 Å². The van der Waals surface area contributed by atoms with Crippen molar-refractivity contribution in [2.24, 2.45) is 0 Å². The quantitative estimate of drug-likeness (QED) is 0.265. The highest BCUT2D eigenvalue weighted by molar-refractivity contribution is 6.35. The van der Waals surface area contributed by atoms with Crippen LogP contribution in [0.3, 0.4) is 0 Å². The van der Waals surface area contributed by atoms with Gasteiger partial charge in [-0.3, -0.25) is 14.6 Å². The second-order valence-corrected chi connectivity index (χ2v) is 9.07. The van der Waals surface area contributed by atoms with E-state index in [0.29, 0.717) is 28.1 Å². The molecule has 2 aromatic heterocycles. The molecule has 6 heteroatoms. The largest absolute Gasteiger partial charge is 0.308 e. The highest BCUT2D eigenvalue weighted by atomic mass is 16.2. The van der Waals surface area contributed by atoms with Crippen molar-refractivity contribution in [3.63, 3.8) is 0 Å². The van der Waals surface area contributed by atoms with Crippen LogP contribution in [0, 0.1) is 11.3 Å². The molecule has 0 unspecified atom stereocenters. The van der Waals surface area contributed by atoms with Crippen molar-refractivity contribution >= 4 is 39.3 Å². The number of amides is 2. The predicted molar refractivity (Wildman–Crippen MR) is 146 cm³/mol. The molecule has 6 aromatic rings. The van der Waals surface area contributed by atoms with E-state index in [9.17, 15) is 14.9 Å². The number of carbonyl (C=O) groups is 2. The highest BCUT2D eigenvalue weighted by Gasteiger charge is 2.39. The van der Waals surface area contributed by atoms with Gasteiger partial charge >= 0.3 is 0 Å². The maximum Gasteiger partial charge on any atom is 0.268 e. The zero-order valence-electron chi connectivity index (χ0n) is 20.0. The summed E-state index contributed by atoms with van der Waals surface area (Å²) in [6.45, 7) is 0. The van der Waals surface area contributed by atoms with Gasteiger partial charge < -0.3 is 4.57 Å². The first-order chi connectivity index (χ1) is 18.7. The minimum Gasteiger partial charge on any atom is -0.308 e. The third-order valence-electron chi connectivity index (χ3n) is 7.08. The van der Waals surface area contributed by atoms with E-state index in [1.54, 1.807) is 36.7 Å². The van der Waals surface area contributed by atoms with Gasteiger partial charge in [0.2, 0.25) is 0 Å². The summed E-state index contributed by atoms with van der Waals surface area (Å²) in [6.07, 6.45) is 3.32. The van der Waals surface area contributed by atoms with Gasteiger partial charge in [-0.1, -0.05) is 54.6 Å². The first-order valence-corrected chi connectivity index (χ1v) is 12.1. The lowest BCUT2D eigenvalue weighted by molar-refractivity contribution is 0.0926. The van der Waals surface area contributed by atoms with Crippen LogP contribution in [0.4, 0.5) is 5.69 Å². The first kappa shape index (κ1) is 21.7. The molecule has 0 atom stereocenters. The zero-order chi connectivity index (χ0) is 25.8. The van der Waals surface area contributed by atoms with Gasteiger partial charge in [-0.15, -0.1) is 0 Å². The summed E-state index contributed by atoms with van der Waals surface area (Å²) in [5.41, 5.74) is 5.82. The van der Waals surface area contributed by atoms with E-state index >= 15 is 0 Å². The van der Waals surface area contributed by atoms with E-state index in [1.165, 1.54) is 4.90 Å². The fourth-order valence-corrected chi connectivity index (χ4v) is 5.48. The summed E-state index contributed by atoms with van der Waals surface area (Å²) in [5, 5.41) is 11.7. The Labute approximate surface area is 217 Å².